The number of aryl methyl sites for hydroxylation is 1. The van der Waals surface area contributed by atoms with Crippen LogP contribution in [0.25, 0.3) is 22.2 Å². The van der Waals surface area contributed by atoms with Crippen LogP contribution in [0.5, 0.6) is 0 Å². The number of benzene rings is 2. The molecule has 4 nitrogen and oxygen atoms in total. The third-order valence-corrected chi connectivity index (χ3v) is 7.23. The first kappa shape index (κ1) is 23.6. The summed E-state index contributed by atoms with van der Waals surface area (Å²) in [5.41, 5.74) is 1.42. The molecule has 2 unspecified atom stereocenters. The normalized spacial score (nSPS) is 22.9. The maximum atomic E-state index is 13.6. The predicted octanol–water partition coefficient (Wildman–Crippen LogP) is 5.64. The fourth-order valence-corrected chi connectivity index (χ4v) is 5.59. The highest BCUT2D eigenvalue weighted by molar-refractivity contribution is 6.12. The number of amides is 1. The summed E-state index contributed by atoms with van der Waals surface area (Å²) >= 11 is 0. The summed E-state index contributed by atoms with van der Waals surface area (Å²) in [5.74, 6) is -0.219. The van der Waals surface area contributed by atoms with Gasteiger partial charge in [-0.2, -0.15) is 13.2 Å². The Balaban J connectivity index is 0.00000259. The SMILES string of the molecule is CN1C2CCC1CC(NC(=O)c1c(-c3cccc(C(F)(F)F)c3)n(C)c3ccccc13)C2.Cl. The number of rotatable bonds is 3. The number of nitrogens with one attached hydrogen (secondary N) is 1. The van der Waals surface area contributed by atoms with Gasteiger partial charge in [-0.05, 0) is 56.5 Å². The molecule has 2 atom stereocenters. The number of halogens is 4. The van der Waals surface area contributed by atoms with Gasteiger partial charge in [0.2, 0.25) is 0 Å². The van der Waals surface area contributed by atoms with Crippen LogP contribution in [0.3, 0.4) is 0 Å². The average molecular weight is 478 g/mol. The monoisotopic (exact) mass is 477 g/mol. The van der Waals surface area contributed by atoms with Crippen LogP contribution >= 0.6 is 12.4 Å². The summed E-state index contributed by atoms with van der Waals surface area (Å²) in [4.78, 5) is 16.0. The highest BCUT2D eigenvalue weighted by atomic mass is 35.5. The van der Waals surface area contributed by atoms with Gasteiger partial charge in [0, 0.05) is 36.1 Å². The number of para-hydroxylation sites is 1. The molecule has 1 N–H and O–H groups in total. The predicted molar refractivity (Wildman–Crippen MR) is 126 cm³/mol. The first-order chi connectivity index (χ1) is 15.2. The second kappa shape index (κ2) is 8.69. The molecule has 1 aromatic heterocycles. The summed E-state index contributed by atoms with van der Waals surface area (Å²) in [6, 6.07) is 13.7. The van der Waals surface area contributed by atoms with Gasteiger partial charge in [-0.15, -0.1) is 12.4 Å². The van der Waals surface area contributed by atoms with E-state index < -0.39 is 11.7 Å². The van der Waals surface area contributed by atoms with Crippen LogP contribution in [-0.4, -0.2) is 40.5 Å². The molecule has 0 aliphatic carbocycles. The lowest BCUT2D eigenvalue weighted by Crippen LogP contribution is -2.48. The van der Waals surface area contributed by atoms with Crippen molar-refractivity contribution in [2.45, 2.75) is 50.0 Å². The number of carbonyl (C=O) groups excluding carboxylic acids is 1. The smallest absolute Gasteiger partial charge is 0.349 e. The second-order valence-corrected chi connectivity index (χ2v) is 9.07. The van der Waals surface area contributed by atoms with Gasteiger partial charge in [-0.3, -0.25) is 4.79 Å². The van der Waals surface area contributed by atoms with Crippen molar-refractivity contribution in [1.82, 2.24) is 14.8 Å². The van der Waals surface area contributed by atoms with Gasteiger partial charge in [0.25, 0.3) is 5.91 Å². The molecule has 0 spiro atoms. The molecule has 2 aliphatic rings. The summed E-state index contributed by atoms with van der Waals surface area (Å²) in [5, 5.41) is 3.96. The molecule has 3 aromatic rings. The lowest BCUT2D eigenvalue weighted by Gasteiger charge is -2.36. The largest absolute Gasteiger partial charge is 0.416 e. The fourth-order valence-electron chi connectivity index (χ4n) is 5.59. The maximum absolute atomic E-state index is 13.6. The minimum Gasteiger partial charge on any atom is -0.349 e. The molecule has 3 heterocycles. The fraction of sp³-hybridized carbons (Fsp3) is 0.400. The average Bonchev–Trinajstić information content (AvgIpc) is 3.15. The van der Waals surface area contributed by atoms with Crippen molar-refractivity contribution in [2.24, 2.45) is 7.05 Å². The van der Waals surface area contributed by atoms with Gasteiger partial charge in [-0.1, -0.05) is 30.3 Å². The molecule has 2 saturated heterocycles. The van der Waals surface area contributed by atoms with Crippen LogP contribution < -0.4 is 5.32 Å². The zero-order valence-electron chi connectivity index (χ0n) is 18.5. The Morgan fingerprint density at radius 1 is 1.00 bits per heavy atom. The Morgan fingerprint density at radius 2 is 1.67 bits per heavy atom. The minimum atomic E-state index is -4.45. The first-order valence-corrected chi connectivity index (χ1v) is 11.0. The molecule has 33 heavy (non-hydrogen) atoms. The molecular weight excluding hydrogens is 451 g/mol. The van der Waals surface area contributed by atoms with E-state index in [2.05, 4.69) is 17.3 Å². The number of alkyl halides is 3. The molecule has 0 saturated carbocycles. The summed E-state index contributed by atoms with van der Waals surface area (Å²) < 4.78 is 42.0. The van der Waals surface area contributed by atoms with Crippen LogP contribution in [0.15, 0.2) is 48.5 Å². The summed E-state index contributed by atoms with van der Waals surface area (Å²) in [6.07, 6.45) is -0.338. The van der Waals surface area contributed by atoms with Crippen molar-refractivity contribution >= 4 is 29.2 Å². The van der Waals surface area contributed by atoms with E-state index in [4.69, 9.17) is 0 Å². The standard InChI is InChI=1S/C25H26F3N3O.ClH/c1-30-18-10-11-19(30)14-17(13-18)29-24(32)22-20-8-3-4-9-21(20)31(2)23(22)15-6-5-7-16(12-15)25(26,27)28;/h3-9,12,17-19H,10-11,13-14H2,1-2H3,(H,29,32);1H. The van der Waals surface area contributed by atoms with Gasteiger partial charge < -0.3 is 14.8 Å². The lowest BCUT2D eigenvalue weighted by atomic mass is 9.97. The molecule has 2 bridgehead atoms. The lowest BCUT2D eigenvalue weighted by molar-refractivity contribution is -0.137. The number of carbonyl (C=O) groups is 1. The van der Waals surface area contributed by atoms with E-state index in [1.807, 2.05) is 28.8 Å². The van der Waals surface area contributed by atoms with Crippen LogP contribution in [0, 0.1) is 0 Å². The third kappa shape index (κ3) is 4.13. The van der Waals surface area contributed by atoms with Crippen molar-refractivity contribution in [3.63, 3.8) is 0 Å². The summed E-state index contributed by atoms with van der Waals surface area (Å²) in [6.45, 7) is 0. The Hall–Kier alpha value is -2.51. The van der Waals surface area contributed by atoms with Gasteiger partial charge in [0.15, 0.2) is 0 Å². The first-order valence-electron chi connectivity index (χ1n) is 11.0. The number of fused-ring (bicyclic) bond motifs is 3. The second-order valence-electron chi connectivity index (χ2n) is 9.07. The number of nitrogens with zero attached hydrogens (tertiary/aromatic N) is 2. The van der Waals surface area contributed by atoms with Crippen LogP contribution in [0.4, 0.5) is 13.2 Å². The van der Waals surface area contributed by atoms with E-state index in [0.29, 0.717) is 28.9 Å². The molecular formula is C25H27ClF3N3O. The number of hydrogen-bond acceptors (Lipinski definition) is 2. The minimum absolute atomic E-state index is 0. The van der Waals surface area contributed by atoms with Crippen molar-refractivity contribution in [3.8, 4) is 11.3 Å². The maximum Gasteiger partial charge on any atom is 0.416 e. The van der Waals surface area contributed by atoms with Gasteiger partial charge >= 0.3 is 6.18 Å². The molecule has 176 valence electrons. The molecule has 2 aliphatic heterocycles. The zero-order valence-corrected chi connectivity index (χ0v) is 19.3. The number of aromatic nitrogens is 1. The highest BCUT2D eigenvalue weighted by Crippen LogP contribution is 2.38. The van der Waals surface area contributed by atoms with Gasteiger partial charge in [0.1, 0.15) is 0 Å². The molecule has 8 heteroatoms. The van der Waals surface area contributed by atoms with Crippen molar-refractivity contribution in [1.29, 1.82) is 0 Å². The number of piperidine rings is 1. The molecule has 1 amide bonds. The van der Waals surface area contributed by atoms with Crippen LogP contribution in [-0.2, 0) is 13.2 Å². The Labute approximate surface area is 197 Å². The van der Waals surface area contributed by atoms with Gasteiger partial charge in [-0.25, -0.2) is 0 Å². The van der Waals surface area contributed by atoms with E-state index >= 15 is 0 Å². The Kier molecular flexibility index (Phi) is 6.22. The van der Waals surface area contributed by atoms with Gasteiger partial charge in [0.05, 0.1) is 16.8 Å². The topological polar surface area (TPSA) is 37.3 Å². The van der Waals surface area contributed by atoms with Crippen LogP contribution in [0.2, 0.25) is 0 Å². The molecule has 0 radical (unpaired) electrons. The van der Waals surface area contributed by atoms with E-state index in [1.165, 1.54) is 6.07 Å². The molecule has 2 fully saturated rings. The van der Waals surface area contributed by atoms with E-state index in [0.717, 1.165) is 48.7 Å². The van der Waals surface area contributed by atoms with Crippen LogP contribution in [0.1, 0.15) is 41.6 Å². The van der Waals surface area contributed by atoms with E-state index in [-0.39, 0.29) is 24.4 Å². The number of hydrogen-bond donors (Lipinski definition) is 1. The Bertz CT molecular complexity index is 1180. The molecule has 5 rings (SSSR count). The highest BCUT2D eigenvalue weighted by Gasteiger charge is 2.39. The third-order valence-electron chi connectivity index (χ3n) is 7.23. The van der Waals surface area contributed by atoms with E-state index in [9.17, 15) is 18.0 Å². The molecule has 2 aromatic carbocycles. The van der Waals surface area contributed by atoms with Crippen molar-refractivity contribution in [2.75, 3.05) is 7.05 Å². The van der Waals surface area contributed by atoms with E-state index in [1.54, 1.807) is 13.1 Å². The quantitative estimate of drug-likeness (QED) is 0.530. The van der Waals surface area contributed by atoms with Crippen molar-refractivity contribution < 1.29 is 18.0 Å². The summed E-state index contributed by atoms with van der Waals surface area (Å²) in [7, 11) is 3.95. The van der Waals surface area contributed by atoms with Crippen molar-refractivity contribution in [3.05, 3.63) is 59.7 Å². The Morgan fingerprint density at radius 3 is 2.33 bits per heavy atom. The zero-order chi connectivity index (χ0) is 22.6.